The van der Waals surface area contributed by atoms with Crippen molar-refractivity contribution in [2.24, 2.45) is 5.92 Å². The summed E-state index contributed by atoms with van der Waals surface area (Å²) in [5, 5.41) is 3.36. The summed E-state index contributed by atoms with van der Waals surface area (Å²) < 4.78 is 26.8. The molecule has 2 fully saturated rings. The Labute approximate surface area is 164 Å². The molecule has 0 spiro atoms. The van der Waals surface area contributed by atoms with Crippen LogP contribution in [-0.2, 0) is 19.6 Å². The second-order valence-corrected chi connectivity index (χ2v) is 9.28. The van der Waals surface area contributed by atoms with E-state index < -0.39 is 10.0 Å². The zero-order chi connectivity index (χ0) is 19.4. The van der Waals surface area contributed by atoms with E-state index in [1.165, 1.54) is 16.4 Å². The lowest BCUT2D eigenvalue weighted by molar-refractivity contribution is -0.129. The van der Waals surface area contributed by atoms with Crippen LogP contribution in [0.2, 0.25) is 5.02 Å². The smallest absolute Gasteiger partial charge is 0.243 e. The summed E-state index contributed by atoms with van der Waals surface area (Å²) in [6.45, 7) is 2.36. The Morgan fingerprint density at radius 1 is 1.15 bits per heavy atom. The lowest BCUT2D eigenvalue weighted by Crippen LogP contribution is -2.44. The number of carbonyl (C=O) groups excluding carboxylic acids is 2. The monoisotopic (exact) mass is 413 g/mol. The molecule has 0 unspecified atom stereocenters. The minimum Gasteiger partial charge on any atom is -0.354 e. The van der Waals surface area contributed by atoms with Crippen molar-refractivity contribution in [2.45, 2.75) is 30.6 Å². The molecule has 0 aliphatic carbocycles. The Kier molecular flexibility index (Phi) is 6.39. The van der Waals surface area contributed by atoms with Crippen molar-refractivity contribution in [3.8, 4) is 0 Å². The number of nitrogens with zero attached hydrogens (tertiary/aromatic N) is 2. The highest BCUT2D eigenvalue weighted by Crippen LogP contribution is 2.24. The van der Waals surface area contributed by atoms with E-state index in [1.54, 1.807) is 17.0 Å². The predicted octanol–water partition coefficient (Wildman–Crippen LogP) is 1.48. The molecular formula is C18H24ClN3O4S. The molecule has 27 heavy (non-hydrogen) atoms. The van der Waals surface area contributed by atoms with Gasteiger partial charge in [0.25, 0.3) is 0 Å². The zero-order valence-electron chi connectivity index (χ0n) is 15.1. The van der Waals surface area contributed by atoms with Gasteiger partial charge in [0.15, 0.2) is 0 Å². The summed E-state index contributed by atoms with van der Waals surface area (Å²) in [6, 6.07) is 6.10. The van der Waals surface area contributed by atoms with E-state index in [9.17, 15) is 18.0 Å². The van der Waals surface area contributed by atoms with Crippen molar-refractivity contribution in [1.82, 2.24) is 14.5 Å². The van der Waals surface area contributed by atoms with E-state index in [0.717, 1.165) is 13.0 Å². The van der Waals surface area contributed by atoms with Crippen LogP contribution < -0.4 is 5.32 Å². The maximum atomic E-state index is 12.7. The molecule has 1 N–H and O–H groups in total. The highest BCUT2D eigenvalue weighted by molar-refractivity contribution is 7.89. The number of amides is 2. The van der Waals surface area contributed by atoms with Gasteiger partial charge in [-0.2, -0.15) is 4.31 Å². The lowest BCUT2D eigenvalue weighted by Gasteiger charge is -2.30. The third-order valence-corrected chi connectivity index (χ3v) is 7.29. The minimum atomic E-state index is -3.56. The first kappa shape index (κ1) is 20.1. The normalized spacial score (nSPS) is 19.4. The van der Waals surface area contributed by atoms with Gasteiger partial charge >= 0.3 is 0 Å². The number of hydrogen-bond donors (Lipinski definition) is 1. The maximum absolute atomic E-state index is 12.7. The van der Waals surface area contributed by atoms with Crippen molar-refractivity contribution in [2.75, 3.05) is 32.7 Å². The number of likely N-dealkylation sites (tertiary alicyclic amines) is 1. The summed E-state index contributed by atoms with van der Waals surface area (Å²) in [5.41, 5.74) is 0. The number of piperidine rings is 1. The molecule has 9 heteroatoms. The molecular weight excluding hydrogens is 390 g/mol. The number of nitrogens with one attached hydrogen (secondary N) is 1. The molecule has 148 valence electrons. The number of benzene rings is 1. The third-order valence-electron chi connectivity index (χ3n) is 5.13. The van der Waals surface area contributed by atoms with Crippen LogP contribution in [0.25, 0.3) is 0 Å². The van der Waals surface area contributed by atoms with Crippen LogP contribution in [0.3, 0.4) is 0 Å². The molecule has 0 atom stereocenters. The summed E-state index contributed by atoms with van der Waals surface area (Å²) in [5.74, 6) is -0.119. The van der Waals surface area contributed by atoms with E-state index in [4.69, 9.17) is 11.6 Å². The second-order valence-electron chi connectivity index (χ2n) is 6.91. The van der Waals surface area contributed by atoms with E-state index in [-0.39, 0.29) is 22.6 Å². The van der Waals surface area contributed by atoms with Crippen molar-refractivity contribution in [3.05, 3.63) is 29.3 Å². The van der Waals surface area contributed by atoms with Gasteiger partial charge < -0.3 is 10.2 Å². The molecule has 0 bridgehead atoms. The van der Waals surface area contributed by atoms with Gasteiger partial charge in [0, 0.05) is 50.1 Å². The Hall–Kier alpha value is -1.64. The zero-order valence-corrected chi connectivity index (χ0v) is 16.6. The van der Waals surface area contributed by atoms with Crippen LogP contribution in [0.15, 0.2) is 29.2 Å². The van der Waals surface area contributed by atoms with Gasteiger partial charge in [-0.15, -0.1) is 0 Å². The van der Waals surface area contributed by atoms with E-state index >= 15 is 0 Å². The van der Waals surface area contributed by atoms with Crippen LogP contribution in [0.4, 0.5) is 0 Å². The number of sulfonamides is 1. The second kappa shape index (κ2) is 8.58. The molecule has 2 heterocycles. The first-order valence-electron chi connectivity index (χ1n) is 9.19. The largest absolute Gasteiger partial charge is 0.354 e. The molecule has 1 aromatic rings. The first-order chi connectivity index (χ1) is 12.9. The van der Waals surface area contributed by atoms with Gasteiger partial charge in [-0.05, 0) is 43.5 Å². The van der Waals surface area contributed by atoms with E-state index in [1.807, 2.05) is 0 Å². The average molecular weight is 414 g/mol. The van der Waals surface area contributed by atoms with Crippen LogP contribution in [0.5, 0.6) is 0 Å². The average Bonchev–Trinajstić information content (AvgIpc) is 3.07. The predicted molar refractivity (Wildman–Crippen MR) is 102 cm³/mol. The minimum absolute atomic E-state index is 0.0646. The Morgan fingerprint density at radius 3 is 2.41 bits per heavy atom. The number of halogens is 1. The Balaban J connectivity index is 1.47. The molecule has 2 aliphatic rings. The van der Waals surface area contributed by atoms with Crippen molar-refractivity contribution < 1.29 is 18.0 Å². The molecule has 3 rings (SSSR count). The fourth-order valence-electron chi connectivity index (χ4n) is 3.51. The van der Waals surface area contributed by atoms with Crippen LogP contribution in [-0.4, -0.2) is 62.2 Å². The Bertz CT molecular complexity index is 789. The summed E-state index contributed by atoms with van der Waals surface area (Å²) in [7, 11) is -3.56. The Morgan fingerprint density at radius 2 is 1.81 bits per heavy atom. The molecule has 7 nitrogen and oxygen atoms in total. The standard InChI is InChI=1S/C18H24ClN3O4S/c19-15-3-5-16(6-4-15)27(25,26)22-11-7-14(8-12-22)18(24)20-9-13-21-10-1-2-17(21)23/h3-6,14H,1-2,7-13H2,(H,20,24). The molecule has 2 amide bonds. The summed E-state index contributed by atoms with van der Waals surface area (Å²) in [4.78, 5) is 25.9. The van der Waals surface area contributed by atoms with Crippen LogP contribution in [0, 0.1) is 5.92 Å². The number of rotatable bonds is 6. The van der Waals surface area contributed by atoms with Crippen molar-refractivity contribution in [1.29, 1.82) is 0 Å². The van der Waals surface area contributed by atoms with Gasteiger partial charge in [-0.3, -0.25) is 9.59 Å². The first-order valence-corrected chi connectivity index (χ1v) is 11.0. The molecule has 0 aromatic heterocycles. The van der Waals surface area contributed by atoms with E-state index in [2.05, 4.69) is 5.32 Å². The molecule has 0 saturated carbocycles. The third kappa shape index (κ3) is 4.80. The quantitative estimate of drug-likeness (QED) is 0.765. The van der Waals surface area contributed by atoms with Gasteiger partial charge in [-0.1, -0.05) is 11.6 Å². The van der Waals surface area contributed by atoms with Gasteiger partial charge in [0.1, 0.15) is 0 Å². The molecule has 1 aromatic carbocycles. The van der Waals surface area contributed by atoms with Gasteiger partial charge in [0.2, 0.25) is 21.8 Å². The van der Waals surface area contributed by atoms with Crippen LogP contribution >= 0.6 is 11.6 Å². The van der Waals surface area contributed by atoms with E-state index in [0.29, 0.717) is 50.5 Å². The van der Waals surface area contributed by atoms with Gasteiger partial charge in [0.05, 0.1) is 4.90 Å². The summed E-state index contributed by atoms with van der Waals surface area (Å²) >= 11 is 5.82. The highest BCUT2D eigenvalue weighted by Gasteiger charge is 2.32. The van der Waals surface area contributed by atoms with Crippen molar-refractivity contribution in [3.63, 3.8) is 0 Å². The van der Waals surface area contributed by atoms with Crippen LogP contribution in [0.1, 0.15) is 25.7 Å². The SMILES string of the molecule is O=C(NCCN1CCCC1=O)C1CCN(S(=O)(=O)c2ccc(Cl)cc2)CC1. The molecule has 0 radical (unpaired) electrons. The highest BCUT2D eigenvalue weighted by atomic mass is 35.5. The number of hydrogen-bond acceptors (Lipinski definition) is 4. The van der Waals surface area contributed by atoms with Crippen molar-refractivity contribution >= 4 is 33.4 Å². The summed E-state index contributed by atoms with van der Waals surface area (Å²) in [6.07, 6.45) is 2.45. The molecule has 2 aliphatic heterocycles. The maximum Gasteiger partial charge on any atom is 0.243 e. The fourth-order valence-corrected chi connectivity index (χ4v) is 5.11. The lowest BCUT2D eigenvalue weighted by atomic mass is 9.97. The topological polar surface area (TPSA) is 86.8 Å². The van der Waals surface area contributed by atoms with Gasteiger partial charge in [-0.25, -0.2) is 8.42 Å². The molecule has 2 saturated heterocycles. The number of carbonyl (C=O) groups is 2. The fraction of sp³-hybridized carbons (Fsp3) is 0.556.